The number of rotatable bonds is 5. The highest BCUT2D eigenvalue weighted by atomic mass is 16.4. The van der Waals surface area contributed by atoms with Crippen LogP contribution in [0, 0.1) is 5.92 Å². The molecule has 0 saturated carbocycles. The Kier molecular flexibility index (Phi) is 4.15. The van der Waals surface area contributed by atoms with Crippen molar-refractivity contribution in [3.05, 3.63) is 78.1 Å². The summed E-state index contributed by atoms with van der Waals surface area (Å²) in [4.78, 5) is 15.7. The fourth-order valence-corrected chi connectivity index (χ4v) is 2.79. The Bertz CT molecular complexity index is 778. The molecule has 0 radical (unpaired) electrons. The summed E-state index contributed by atoms with van der Waals surface area (Å²) in [6.45, 7) is 0. The van der Waals surface area contributed by atoms with E-state index in [-0.39, 0.29) is 0 Å². The van der Waals surface area contributed by atoms with E-state index >= 15 is 0 Å². The van der Waals surface area contributed by atoms with Crippen LogP contribution in [0.5, 0.6) is 0 Å². The Morgan fingerprint density at radius 1 is 1.00 bits per heavy atom. The smallest absolute Gasteiger partial charge is 0.307 e. The zero-order valence-corrected chi connectivity index (χ0v) is 12.1. The van der Waals surface area contributed by atoms with Gasteiger partial charge in [0.1, 0.15) is 0 Å². The van der Waals surface area contributed by atoms with Gasteiger partial charge in [-0.05, 0) is 40.8 Å². The molecular formula is C19H17NO2. The summed E-state index contributed by atoms with van der Waals surface area (Å²) in [5.74, 6) is -1.22. The zero-order valence-electron chi connectivity index (χ0n) is 12.1. The van der Waals surface area contributed by atoms with Gasteiger partial charge in [0.15, 0.2) is 0 Å². The number of pyridine rings is 1. The third kappa shape index (κ3) is 3.14. The molecule has 0 saturated heterocycles. The highest BCUT2D eigenvalue weighted by Crippen LogP contribution is 2.23. The van der Waals surface area contributed by atoms with Gasteiger partial charge in [0.25, 0.3) is 0 Å². The van der Waals surface area contributed by atoms with E-state index in [2.05, 4.69) is 17.1 Å². The van der Waals surface area contributed by atoms with Gasteiger partial charge in [0.05, 0.1) is 5.92 Å². The largest absolute Gasteiger partial charge is 0.481 e. The number of fused-ring (bicyclic) bond motifs is 1. The van der Waals surface area contributed by atoms with Crippen molar-refractivity contribution in [1.29, 1.82) is 0 Å². The summed E-state index contributed by atoms with van der Waals surface area (Å²) in [6.07, 6.45) is 4.45. The molecule has 0 amide bonds. The van der Waals surface area contributed by atoms with E-state index in [9.17, 15) is 9.90 Å². The monoisotopic (exact) mass is 291 g/mol. The van der Waals surface area contributed by atoms with Crippen molar-refractivity contribution in [2.75, 3.05) is 0 Å². The summed E-state index contributed by atoms with van der Waals surface area (Å²) in [5, 5.41) is 11.8. The second-order valence-electron chi connectivity index (χ2n) is 5.44. The number of aromatic nitrogens is 1. The SMILES string of the molecule is O=C(O)C(Cc1cccnc1)Cc1cccc2ccccc12. The van der Waals surface area contributed by atoms with Crippen LogP contribution in [0.1, 0.15) is 11.1 Å². The van der Waals surface area contributed by atoms with Crippen molar-refractivity contribution in [2.24, 2.45) is 5.92 Å². The second kappa shape index (κ2) is 6.39. The number of aliphatic carboxylic acids is 1. The van der Waals surface area contributed by atoms with E-state index < -0.39 is 11.9 Å². The Morgan fingerprint density at radius 2 is 1.82 bits per heavy atom. The van der Waals surface area contributed by atoms with Crippen molar-refractivity contribution >= 4 is 16.7 Å². The number of carboxylic acid groups (broad SMARTS) is 1. The van der Waals surface area contributed by atoms with E-state index in [0.29, 0.717) is 12.8 Å². The van der Waals surface area contributed by atoms with Crippen LogP contribution in [0.25, 0.3) is 10.8 Å². The van der Waals surface area contributed by atoms with Gasteiger partial charge in [-0.2, -0.15) is 0 Å². The number of hydrogen-bond acceptors (Lipinski definition) is 2. The summed E-state index contributed by atoms with van der Waals surface area (Å²) >= 11 is 0. The Morgan fingerprint density at radius 3 is 2.59 bits per heavy atom. The van der Waals surface area contributed by atoms with Gasteiger partial charge in [-0.3, -0.25) is 9.78 Å². The lowest BCUT2D eigenvalue weighted by molar-refractivity contribution is -0.141. The number of carboxylic acids is 1. The molecule has 3 heteroatoms. The first-order valence-corrected chi connectivity index (χ1v) is 7.32. The van der Waals surface area contributed by atoms with Gasteiger partial charge >= 0.3 is 5.97 Å². The van der Waals surface area contributed by atoms with E-state index in [1.165, 1.54) is 0 Å². The van der Waals surface area contributed by atoms with Gasteiger partial charge in [0, 0.05) is 12.4 Å². The summed E-state index contributed by atoms with van der Waals surface area (Å²) in [6, 6.07) is 17.9. The molecule has 1 N–H and O–H groups in total. The molecule has 1 aromatic heterocycles. The molecule has 1 atom stereocenters. The predicted octanol–water partition coefficient (Wildman–Crippen LogP) is 3.72. The molecule has 22 heavy (non-hydrogen) atoms. The number of carbonyl (C=O) groups is 1. The third-order valence-corrected chi connectivity index (χ3v) is 3.90. The molecule has 0 aliphatic carbocycles. The third-order valence-electron chi connectivity index (χ3n) is 3.90. The van der Waals surface area contributed by atoms with Crippen LogP contribution in [0.3, 0.4) is 0 Å². The standard InChI is InChI=1S/C19H17NO2/c21-19(22)17(11-14-5-4-10-20-13-14)12-16-8-3-7-15-6-1-2-9-18(15)16/h1-10,13,17H,11-12H2,(H,21,22). The minimum Gasteiger partial charge on any atom is -0.481 e. The molecule has 2 aromatic carbocycles. The van der Waals surface area contributed by atoms with Crippen molar-refractivity contribution < 1.29 is 9.90 Å². The predicted molar refractivity (Wildman–Crippen MR) is 86.7 cm³/mol. The van der Waals surface area contributed by atoms with E-state index in [1.807, 2.05) is 42.5 Å². The second-order valence-corrected chi connectivity index (χ2v) is 5.44. The highest BCUT2D eigenvalue weighted by Gasteiger charge is 2.19. The molecular weight excluding hydrogens is 274 g/mol. The summed E-state index contributed by atoms with van der Waals surface area (Å²) in [5.41, 5.74) is 2.03. The fraction of sp³-hybridized carbons (Fsp3) is 0.158. The van der Waals surface area contributed by atoms with Crippen LogP contribution in [-0.2, 0) is 17.6 Å². The quantitative estimate of drug-likeness (QED) is 0.779. The van der Waals surface area contributed by atoms with Crippen LogP contribution in [0.4, 0.5) is 0 Å². The van der Waals surface area contributed by atoms with E-state index in [1.54, 1.807) is 12.4 Å². The number of hydrogen-bond donors (Lipinski definition) is 1. The van der Waals surface area contributed by atoms with Crippen molar-refractivity contribution in [2.45, 2.75) is 12.8 Å². The van der Waals surface area contributed by atoms with Crippen LogP contribution < -0.4 is 0 Å². The average Bonchev–Trinajstić information content (AvgIpc) is 2.55. The summed E-state index contributed by atoms with van der Waals surface area (Å²) in [7, 11) is 0. The molecule has 1 unspecified atom stereocenters. The number of benzene rings is 2. The zero-order chi connectivity index (χ0) is 15.4. The minimum absolute atomic E-state index is 0.449. The topological polar surface area (TPSA) is 50.2 Å². The maximum absolute atomic E-state index is 11.6. The Hall–Kier alpha value is -2.68. The molecule has 0 aliphatic rings. The first-order chi connectivity index (χ1) is 10.7. The molecule has 3 nitrogen and oxygen atoms in total. The van der Waals surface area contributed by atoms with Crippen molar-refractivity contribution in [3.63, 3.8) is 0 Å². The van der Waals surface area contributed by atoms with Crippen molar-refractivity contribution in [1.82, 2.24) is 4.98 Å². The molecule has 3 aromatic rings. The first kappa shape index (κ1) is 14.3. The molecule has 1 heterocycles. The normalized spacial score (nSPS) is 12.2. The maximum atomic E-state index is 11.6. The van der Waals surface area contributed by atoms with Crippen LogP contribution in [0.2, 0.25) is 0 Å². The van der Waals surface area contributed by atoms with Crippen molar-refractivity contribution in [3.8, 4) is 0 Å². The first-order valence-electron chi connectivity index (χ1n) is 7.32. The lowest BCUT2D eigenvalue weighted by atomic mass is 9.91. The summed E-state index contributed by atoms with van der Waals surface area (Å²) < 4.78 is 0. The van der Waals surface area contributed by atoms with Gasteiger partial charge < -0.3 is 5.11 Å². The Balaban J connectivity index is 1.88. The minimum atomic E-state index is -0.767. The lowest BCUT2D eigenvalue weighted by Gasteiger charge is -2.14. The van der Waals surface area contributed by atoms with Gasteiger partial charge in [-0.15, -0.1) is 0 Å². The van der Waals surface area contributed by atoms with Gasteiger partial charge in [-0.1, -0.05) is 48.5 Å². The maximum Gasteiger partial charge on any atom is 0.307 e. The van der Waals surface area contributed by atoms with Gasteiger partial charge in [-0.25, -0.2) is 0 Å². The fourth-order valence-electron chi connectivity index (χ4n) is 2.79. The van der Waals surface area contributed by atoms with Crippen LogP contribution >= 0.6 is 0 Å². The molecule has 3 rings (SSSR count). The van der Waals surface area contributed by atoms with E-state index in [0.717, 1.165) is 21.9 Å². The molecule has 110 valence electrons. The highest BCUT2D eigenvalue weighted by molar-refractivity contribution is 5.86. The van der Waals surface area contributed by atoms with Crippen LogP contribution in [-0.4, -0.2) is 16.1 Å². The lowest BCUT2D eigenvalue weighted by Crippen LogP contribution is -2.19. The molecule has 0 fully saturated rings. The number of nitrogens with zero attached hydrogens (tertiary/aromatic N) is 1. The Labute approximate surface area is 129 Å². The molecule has 0 spiro atoms. The molecule has 0 aliphatic heterocycles. The van der Waals surface area contributed by atoms with Crippen LogP contribution in [0.15, 0.2) is 67.0 Å². The molecule has 0 bridgehead atoms. The average molecular weight is 291 g/mol. The van der Waals surface area contributed by atoms with Gasteiger partial charge in [0.2, 0.25) is 0 Å². The van der Waals surface area contributed by atoms with E-state index in [4.69, 9.17) is 0 Å².